The molecule has 0 atom stereocenters. The summed E-state index contributed by atoms with van der Waals surface area (Å²) in [6.45, 7) is 0. The van der Waals surface area contributed by atoms with Gasteiger partial charge >= 0.3 is 0 Å². The van der Waals surface area contributed by atoms with Gasteiger partial charge in [0.25, 0.3) is 0 Å². The molecule has 2 heteroatoms. The molecule has 0 bridgehead atoms. The monoisotopic (exact) mass is 755 g/mol. The maximum atomic E-state index is 2.41. The number of fused-ring (bicyclic) bond motifs is 6. The summed E-state index contributed by atoms with van der Waals surface area (Å²) in [6, 6.07) is 81.9. The lowest BCUT2D eigenvalue weighted by Gasteiger charge is -2.27. The third-order valence-corrected chi connectivity index (χ3v) is 12.7. The van der Waals surface area contributed by atoms with Crippen LogP contribution in [0, 0.1) is 0 Å². The highest BCUT2D eigenvalue weighted by atomic mass is 32.1. The lowest BCUT2D eigenvalue weighted by atomic mass is 9.85. The van der Waals surface area contributed by atoms with Crippen LogP contribution in [0.25, 0.3) is 86.2 Å². The van der Waals surface area contributed by atoms with Gasteiger partial charge in [0, 0.05) is 37.2 Å². The molecule has 1 nitrogen and oxygen atoms in total. The lowest BCUT2D eigenvalue weighted by molar-refractivity contribution is 1.29. The van der Waals surface area contributed by atoms with Crippen molar-refractivity contribution >= 4 is 70.1 Å². The second-order valence-corrected chi connectivity index (χ2v) is 15.9. The number of hydrogen-bond acceptors (Lipinski definition) is 2. The first-order valence-electron chi connectivity index (χ1n) is 19.8. The van der Waals surface area contributed by atoms with Gasteiger partial charge < -0.3 is 4.90 Å². The summed E-state index contributed by atoms with van der Waals surface area (Å²) < 4.78 is 2.65. The predicted octanol–water partition coefficient (Wildman–Crippen LogP) is 16.5. The molecular formula is C56H37NS. The fourth-order valence-electron chi connectivity index (χ4n) is 8.77. The molecule has 0 N–H and O–H groups in total. The Morgan fingerprint density at radius 1 is 0.276 bits per heavy atom. The van der Waals surface area contributed by atoms with Crippen molar-refractivity contribution in [3.8, 4) is 44.5 Å². The van der Waals surface area contributed by atoms with Crippen LogP contribution in [0.3, 0.4) is 0 Å². The second kappa shape index (κ2) is 14.4. The van der Waals surface area contributed by atoms with Crippen molar-refractivity contribution in [2.45, 2.75) is 0 Å². The van der Waals surface area contributed by atoms with E-state index in [0.29, 0.717) is 0 Å². The van der Waals surface area contributed by atoms with Gasteiger partial charge in [-0.2, -0.15) is 0 Å². The topological polar surface area (TPSA) is 3.24 Å². The third-order valence-electron chi connectivity index (χ3n) is 11.5. The zero-order valence-electron chi connectivity index (χ0n) is 31.7. The Kier molecular flexibility index (Phi) is 8.42. The molecule has 11 aromatic rings. The van der Waals surface area contributed by atoms with Crippen molar-refractivity contribution in [1.29, 1.82) is 0 Å². The van der Waals surface area contributed by atoms with Crippen molar-refractivity contribution in [2.75, 3.05) is 4.90 Å². The summed E-state index contributed by atoms with van der Waals surface area (Å²) in [5.74, 6) is 0. The summed E-state index contributed by atoms with van der Waals surface area (Å²) in [4.78, 5) is 2.41. The predicted molar refractivity (Wildman–Crippen MR) is 251 cm³/mol. The van der Waals surface area contributed by atoms with Crippen LogP contribution < -0.4 is 4.90 Å². The zero-order valence-corrected chi connectivity index (χ0v) is 32.5. The molecule has 272 valence electrons. The van der Waals surface area contributed by atoms with E-state index in [1.165, 1.54) is 86.2 Å². The number of thiophene rings is 1. The molecule has 0 aliphatic rings. The summed E-state index contributed by atoms with van der Waals surface area (Å²) >= 11 is 1.88. The van der Waals surface area contributed by atoms with Crippen LogP contribution in [0.15, 0.2) is 224 Å². The molecule has 0 amide bonds. The maximum absolute atomic E-state index is 2.41. The second-order valence-electron chi connectivity index (χ2n) is 14.8. The van der Waals surface area contributed by atoms with Crippen LogP contribution in [0.1, 0.15) is 0 Å². The highest BCUT2D eigenvalue weighted by Gasteiger charge is 2.21. The van der Waals surface area contributed by atoms with Crippen LogP contribution in [-0.4, -0.2) is 0 Å². The highest BCUT2D eigenvalue weighted by molar-refractivity contribution is 7.26. The van der Waals surface area contributed by atoms with Gasteiger partial charge in [0.1, 0.15) is 0 Å². The molecule has 0 aliphatic heterocycles. The number of benzene rings is 10. The average Bonchev–Trinajstić information content (AvgIpc) is 3.69. The Morgan fingerprint density at radius 2 is 0.741 bits per heavy atom. The van der Waals surface area contributed by atoms with Gasteiger partial charge in [0.05, 0.1) is 0 Å². The quantitative estimate of drug-likeness (QED) is 0.146. The van der Waals surface area contributed by atoms with Crippen LogP contribution in [0.2, 0.25) is 0 Å². The number of rotatable bonds is 7. The number of hydrogen-bond donors (Lipinski definition) is 0. The first kappa shape index (κ1) is 34.0. The number of anilines is 3. The van der Waals surface area contributed by atoms with Gasteiger partial charge in [-0.1, -0.05) is 182 Å². The first-order chi connectivity index (χ1) is 28.8. The van der Waals surface area contributed by atoms with Gasteiger partial charge in [-0.3, -0.25) is 0 Å². The van der Waals surface area contributed by atoms with Crippen molar-refractivity contribution in [2.24, 2.45) is 0 Å². The molecular weight excluding hydrogens is 719 g/mol. The Labute approximate surface area is 342 Å². The summed E-state index contributed by atoms with van der Waals surface area (Å²) in [5, 5.41) is 7.60. The van der Waals surface area contributed by atoms with Gasteiger partial charge in [0.15, 0.2) is 0 Å². The molecule has 0 unspecified atom stereocenters. The average molecular weight is 756 g/mol. The van der Waals surface area contributed by atoms with Gasteiger partial charge in [-0.05, 0) is 109 Å². The molecule has 1 aromatic heterocycles. The minimum absolute atomic E-state index is 1.10. The van der Waals surface area contributed by atoms with Gasteiger partial charge in [0.2, 0.25) is 0 Å². The van der Waals surface area contributed by atoms with Crippen LogP contribution >= 0.6 is 11.3 Å². The van der Waals surface area contributed by atoms with Crippen molar-refractivity contribution < 1.29 is 0 Å². The van der Waals surface area contributed by atoms with Gasteiger partial charge in [-0.25, -0.2) is 0 Å². The van der Waals surface area contributed by atoms with E-state index in [4.69, 9.17) is 0 Å². The SMILES string of the molecule is c1ccc(-c2ccc(N(c3ccc(-c4cccc5c4sc4ccccc45)cc3)c3ccc4c(c3)c(-c3ccccc3)c(-c3ccccc3)c3ccccc34)cc2)cc1. The van der Waals surface area contributed by atoms with E-state index in [1.807, 2.05) is 11.3 Å². The van der Waals surface area contributed by atoms with E-state index in [1.54, 1.807) is 0 Å². The number of nitrogens with zero attached hydrogens (tertiary/aromatic N) is 1. The van der Waals surface area contributed by atoms with E-state index >= 15 is 0 Å². The normalized spacial score (nSPS) is 11.4. The van der Waals surface area contributed by atoms with Crippen LogP contribution in [0.4, 0.5) is 17.1 Å². The molecule has 58 heavy (non-hydrogen) atoms. The molecule has 0 spiro atoms. The smallest absolute Gasteiger partial charge is 0.0468 e. The van der Waals surface area contributed by atoms with Crippen molar-refractivity contribution in [3.05, 3.63) is 224 Å². The van der Waals surface area contributed by atoms with E-state index in [0.717, 1.165) is 17.1 Å². The van der Waals surface area contributed by atoms with Gasteiger partial charge in [-0.15, -0.1) is 11.3 Å². The summed E-state index contributed by atoms with van der Waals surface area (Å²) in [5.41, 5.74) is 13.1. The molecule has 0 fully saturated rings. The fourth-order valence-corrected chi connectivity index (χ4v) is 10.0. The largest absolute Gasteiger partial charge is 0.310 e. The minimum atomic E-state index is 1.10. The Bertz CT molecular complexity index is 3240. The molecule has 0 saturated heterocycles. The van der Waals surface area contributed by atoms with E-state index < -0.39 is 0 Å². The Balaban J connectivity index is 1.12. The molecule has 0 radical (unpaired) electrons. The summed E-state index contributed by atoms with van der Waals surface area (Å²) in [7, 11) is 0. The molecule has 1 heterocycles. The van der Waals surface area contributed by atoms with E-state index in [-0.39, 0.29) is 0 Å². The molecule has 10 aromatic carbocycles. The van der Waals surface area contributed by atoms with Crippen molar-refractivity contribution in [3.63, 3.8) is 0 Å². The molecule has 11 rings (SSSR count). The summed E-state index contributed by atoms with van der Waals surface area (Å²) in [6.07, 6.45) is 0. The fraction of sp³-hybridized carbons (Fsp3) is 0. The molecule has 0 aliphatic carbocycles. The first-order valence-corrected chi connectivity index (χ1v) is 20.7. The lowest BCUT2D eigenvalue weighted by Crippen LogP contribution is -2.10. The third kappa shape index (κ3) is 5.86. The van der Waals surface area contributed by atoms with E-state index in [2.05, 4.69) is 229 Å². The van der Waals surface area contributed by atoms with Crippen molar-refractivity contribution in [1.82, 2.24) is 0 Å². The zero-order chi connectivity index (χ0) is 38.4. The Morgan fingerprint density at radius 3 is 1.40 bits per heavy atom. The Hall–Kier alpha value is -7.26. The van der Waals surface area contributed by atoms with E-state index in [9.17, 15) is 0 Å². The minimum Gasteiger partial charge on any atom is -0.310 e. The standard InChI is InChI=1S/C56H37NS/c1-4-15-38(16-5-1)39-27-31-43(32-28-39)57(44-33-29-40(30-34-44)46-24-14-25-51-49-22-12-13-26-53(49)58-56(46)51)45-35-36-48-47-21-10-11-23-50(47)54(41-17-6-2-7-18-41)55(52(48)37-45)42-19-8-3-9-20-42/h1-37H. The highest BCUT2D eigenvalue weighted by Crippen LogP contribution is 2.47. The maximum Gasteiger partial charge on any atom is 0.0468 e. The van der Waals surface area contributed by atoms with Crippen LogP contribution in [-0.2, 0) is 0 Å². The van der Waals surface area contributed by atoms with Crippen LogP contribution in [0.5, 0.6) is 0 Å². The molecule has 0 saturated carbocycles.